The van der Waals surface area contributed by atoms with Gasteiger partial charge in [0.2, 0.25) is 10.0 Å². The van der Waals surface area contributed by atoms with Crippen LogP contribution in [0.2, 0.25) is 0 Å². The molecular weight excluding hydrogens is 444 g/mol. The second-order valence-electron chi connectivity index (χ2n) is 6.68. The van der Waals surface area contributed by atoms with Crippen molar-refractivity contribution in [2.45, 2.75) is 17.9 Å². The number of rotatable bonds is 10. The molecule has 2 aromatic carbocycles. The first kappa shape index (κ1) is 23.3. The summed E-state index contributed by atoms with van der Waals surface area (Å²) in [6, 6.07) is 9.34. The molecule has 0 saturated heterocycles. The average molecular weight is 467 g/mol. The first-order valence-electron chi connectivity index (χ1n) is 9.40. The zero-order valence-electron chi connectivity index (χ0n) is 17.4. The maximum absolute atomic E-state index is 13.1. The molecule has 0 amide bonds. The number of hydrogen-bond donors (Lipinski definition) is 3. The summed E-state index contributed by atoms with van der Waals surface area (Å²) in [6.07, 6.45) is 0.203. The van der Waals surface area contributed by atoms with E-state index < -0.39 is 23.0 Å². The van der Waals surface area contributed by atoms with Gasteiger partial charge < -0.3 is 20.5 Å². The van der Waals surface area contributed by atoms with Crippen LogP contribution in [-0.4, -0.2) is 45.4 Å². The number of methoxy groups -OCH3 is 2. The van der Waals surface area contributed by atoms with Crippen LogP contribution in [0, 0.1) is 0 Å². The lowest BCUT2D eigenvalue weighted by Crippen LogP contribution is -2.25. The van der Waals surface area contributed by atoms with Gasteiger partial charge in [0.15, 0.2) is 0 Å². The van der Waals surface area contributed by atoms with Crippen LogP contribution in [0.3, 0.4) is 0 Å². The lowest BCUT2D eigenvalue weighted by atomic mass is 10.2. The molecule has 3 rings (SSSR count). The van der Waals surface area contributed by atoms with Crippen LogP contribution < -0.4 is 25.2 Å². The van der Waals surface area contributed by atoms with Crippen LogP contribution in [0.15, 0.2) is 53.7 Å². The molecule has 32 heavy (non-hydrogen) atoms. The Labute approximate surface area is 184 Å². The predicted molar refractivity (Wildman–Crippen MR) is 116 cm³/mol. The van der Waals surface area contributed by atoms with E-state index in [-0.39, 0.29) is 22.8 Å². The lowest BCUT2D eigenvalue weighted by molar-refractivity contribution is 0.163. The molecule has 0 aliphatic rings. The van der Waals surface area contributed by atoms with E-state index in [1.165, 1.54) is 49.5 Å². The number of benzene rings is 2. The van der Waals surface area contributed by atoms with Crippen LogP contribution in [-0.2, 0) is 16.6 Å². The van der Waals surface area contributed by atoms with Crippen molar-refractivity contribution in [3.63, 3.8) is 0 Å². The number of ether oxygens (including phenoxy) is 2. The molecule has 4 N–H and O–H groups in total. The van der Waals surface area contributed by atoms with Crippen molar-refractivity contribution in [2.75, 3.05) is 31.8 Å². The standard InChI is InChI=1S/C20H23F2N5O4S/c1-30-16-5-3-13(18(8-16)31-2)9-26-32(28,29)19-7-14(23)4-6-17(19)27-12-15(10-25-27)24-11-20(21)22/h3-8,10,12,20,24,26H,9,11,23H2,1-2H3. The Hall–Kier alpha value is -3.38. The van der Waals surface area contributed by atoms with E-state index in [1.807, 2.05) is 0 Å². The molecule has 0 bridgehead atoms. The van der Waals surface area contributed by atoms with E-state index in [0.29, 0.717) is 22.7 Å². The minimum absolute atomic E-state index is 0.0515. The van der Waals surface area contributed by atoms with Gasteiger partial charge in [0.25, 0.3) is 6.43 Å². The zero-order valence-corrected chi connectivity index (χ0v) is 18.2. The van der Waals surface area contributed by atoms with E-state index in [0.717, 1.165) is 0 Å². The van der Waals surface area contributed by atoms with Gasteiger partial charge in [-0.1, -0.05) is 6.07 Å². The Bertz CT molecular complexity index is 1180. The number of nitrogens with one attached hydrogen (secondary N) is 2. The number of anilines is 2. The summed E-state index contributed by atoms with van der Waals surface area (Å²) in [5, 5.41) is 6.60. The van der Waals surface area contributed by atoms with Crippen molar-refractivity contribution in [3.8, 4) is 17.2 Å². The molecule has 1 aromatic heterocycles. The molecule has 0 aliphatic heterocycles. The number of halogens is 2. The topological polar surface area (TPSA) is 120 Å². The fraction of sp³-hybridized carbons (Fsp3) is 0.250. The fourth-order valence-electron chi connectivity index (χ4n) is 2.92. The molecule has 3 aromatic rings. The largest absolute Gasteiger partial charge is 0.497 e. The Morgan fingerprint density at radius 2 is 1.94 bits per heavy atom. The minimum Gasteiger partial charge on any atom is -0.497 e. The van der Waals surface area contributed by atoms with E-state index in [4.69, 9.17) is 15.2 Å². The third-order valence-electron chi connectivity index (χ3n) is 4.51. The summed E-state index contributed by atoms with van der Waals surface area (Å²) in [6.45, 7) is -0.603. The summed E-state index contributed by atoms with van der Waals surface area (Å²) in [5.74, 6) is 1.03. The molecule has 12 heteroatoms. The summed E-state index contributed by atoms with van der Waals surface area (Å²) in [5.41, 5.74) is 7.18. The predicted octanol–water partition coefficient (Wildman–Crippen LogP) is 2.63. The summed E-state index contributed by atoms with van der Waals surface area (Å²) < 4.78 is 65.3. The molecule has 1 heterocycles. The van der Waals surface area contributed by atoms with Gasteiger partial charge in [-0.15, -0.1) is 0 Å². The first-order chi connectivity index (χ1) is 15.2. The maximum Gasteiger partial charge on any atom is 0.255 e. The highest BCUT2D eigenvalue weighted by molar-refractivity contribution is 7.89. The summed E-state index contributed by atoms with van der Waals surface area (Å²) in [7, 11) is -1.05. The van der Waals surface area contributed by atoms with Gasteiger partial charge in [-0.3, -0.25) is 0 Å². The molecule has 0 spiro atoms. The van der Waals surface area contributed by atoms with Gasteiger partial charge in [0.1, 0.15) is 16.4 Å². The molecule has 9 nitrogen and oxygen atoms in total. The maximum atomic E-state index is 13.1. The number of nitrogens with zero attached hydrogens (tertiary/aromatic N) is 2. The molecule has 0 aliphatic carbocycles. The Kier molecular flexibility index (Phi) is 7.15. The van der Waals surface area contributed by atoms with Crippen molar-refractivity contribution in [3.05, 3.63) is 54.4 Å². The summed E-state index contributed by atoms with van der Waals surface area (Å²) in [4.78, 5) is -0.117. The van der Waals surface area contributed by atoms with Crippen molar-refractivity contribution < 1.29 is 26.7 Å². The minimum atomic E-state index is -4.03. The number of aromatic nitrogens is 2. The van der Waals surface area contributed by atoms with Crippen LogP contribution in [0.5, 0.6) is 11.5 Å². The van der Waals surface area contributed by atoms with Crippen LogP contribution in [0.4, 0.5) is 20.2 Å². The highest BCUT2D eigenvalue weighted by Crippen LogP contribution is 2.27. The fourth-order valence-corrected chi connectivity index (χ4v) is 4.15. The highest BCUT2D eigenvalue weighted by atomic mass is 32.2. The second-order valence-corrected chi connectivity index (χ2v) is 8.41. The van der Waals surface area contributed by atoms with E-state index in [2.05, 4.69) is 15.1 Å². The van der Waals surface area contributed by atoms with E-state index in [1.54, 1.807) is 18.2 Å². The van der Waals surface area contributed by atoms with Gasteiger partial charge in [-0.05, 0) is 24.3 Å². The lowest BCUT2D eigenvalue weighted by Gasteiger charge is -2.14. The molecule has 0 fully saturated rings. The molecule has 0 unspecified atom stereocenters. The van der Waals surface area contributed by atoms with Gasteiger partial charge in [-0.25, -0.2) is 26.6 Å². The zero-order chi connectivity index (χ0) is 23.3. The number of hydrogen-bond acceptors (Lipinski definition) is 7. The van der Waals surface area contributed by atoms with Crippen molar-refractivity contribution in [1.29, 1.82) is 0 Å². The van der Waals surface area contributed by atoms with Gasteiger partial charge in [-0.2, -0.15) is 5.10 Å². The number of nitrogens with two attached hydrogens (primary N) is 1. The molecule has 0 radical (unpaired) electrons. The van der Waals surface area contributed by atoms with Gasteiger partial charge in [0.05, 0.1) is 44.5 Å². The van der Waals surface area contributed by atoms with Gasteiger partial charge in [0, 0.05) is 23.9 Å². The third-order valence-corrected chi connectivity index (χ3v) is 5.94. The number of sulfonamides is 1. The van der Waals surface area contributed by atoms with Crippen molar-refractivity contribution in [2.24, 2.45) is 0 Å². The van der Waals surface area contributed by atoms with Crippen LogP contribution in [0.25, 0.3) is 5.69 Å². The Morgan fingerprint density at radius 1 is 1.16 bits per heavy atom. The smallest absolute Gasteiger partial charge is 0.255 e. The van der Waals surface area contributed by atoms with E-state index in [9.17, 15) is 17.2 Å². The van der Waals surface area contributed by atoms with Crippen LogP contribution >= 0.6 is 0 Å². The highest BCUT2D eigenvalue weighted by Gasteiger charge is 2.21. The molecular formula is C20H23F2N5O4S. The second kappa shape index (κ2) is 9.83. The monoisotopic (exact) mass is 467 g/mol. The van der Waals surface area contributed by atoms with E-state index >= 15 is 0 Å². The SMILES string of the molecule is COc1ccc(CNS(=O)(=O)c2cc(N)ccc2-n2cc(NCC(F)F)cn2)c(OC)c1. The molecule has 0 atom stereocenters. The van der Waals surface area contributed by atoms with Gasteiger partial charge >= 0.3 is 0 Å². The Morgan fingerprint density at radius 3 is 2.62 bits per heavy atom. The summed E-state index contributed by atoms with van der Waals surface area (Å²) >= 11 is 0. The van der Waals surface area contributed by atoms with Crippen molar-refractivity contribution >= 4 is 21.4 Å². The normalized spacial score (nSPS) is 11.5. The number of nitrogen functional groups attached to an aromatic ring is 1. The number of alkyl halides is 2. The third kappa shape index (κ3) is 5.45. The first-order valence-corrected chi connectivity index (χ1v) is 10.9. The van der Waals surface area contributed by atoms with Crippen molar-refractivity contribution in [1.82, 2.24) is 14.5 Å². The Balaban J connectivity index is 1.88. The molecule has 0 saturated carbocycles. The average Bonchev–Trinajstić information content (AvgIpc) is 3.25. The quantitative estimate of drug-likeness (QED) is 0.392. The van der Waals surface area contributed by atoms with Crippen LogP contribution in [0.1, 0.15) is 5.56 Å². The molecule has 172 valence electrons.